The Balaban J connectivity index is 2.01. The molecule has 0 aromatic heterocycles. The molecule has 0 radical (unpaired) electrons. The standard InChI is InChI=1S/C12H22O9/c1-4-5(2-13)19-11(7(4)15)21-12-10(18)9(17)8(16)6(3-14)20-12/h4-18H,2-3H2,1H3. The molecule has 2 heterocycles. The molecule has 0 aromatic rings. The summed E-state index contributed by atoms with van der Waals surface area (Å²) in [7, 11) is 0. The lowest BCUT2D eigenvalue weighted by Gasteiger charge is -2.40. The third-order valence-electron chi connectivity index (χ3n) is 4.01. The first-order valence-corrected chi connectivity index (χ1v) is 6.81. The van der Waals surface area contributed by atoms with Gasteiger partial charge in [-0.3, -0.25) is 0 Å². The molecule has 9 unspecified atom stereocenters. The van der Waals surface area contributed by atoms with E-state index in [1.165, 1.54) is 0 Å². The van der Waals surface area contributed by atoms with Crippen molar-refractivity contribution >= 4 is 0 Å². The van der Waals surface area contributed by atoms with Crippen LogP contribution in [0, 0.1) is 5.92 Å². The molecular formula is C12H22O9. The van der Waals surface area contributed by atoms with Crippen molar-refractivity contribution in [1.29, 1.82) is 0 Å². The summed E-state index contributed by atoms with van der Waals surface area (Å²) in [6, 6.07) is 0. The molecule has 0 aliphatic carbocycles. The Bertz CT molecular complexity index is 339. The fourth-order valence-electron chi connectivity index (χ4n) is 2.48. The Kier molecular flexibility index (Phi) is 5.52. The highest BCUT2D eigenvalue weighted by atomic mass is 16.8. The first kappa shape index (κ1) is 17.0. The second-order valence-corrected chi connectivity index (χ2v) is 5.41. The van der Waals surface area contributed by atoms with Crippen LogP contribution in [0.4, 0.5) is 0 Å². The molecule has 2 fully saturated rings. The van der Waals surface area contributed by atoms with E-state index < -0.39 is 55.8 Å². The lowest BCUT2D eigenvalue weighted by atomic mass is 9.99. The highest BCUT2D eigenvalue weighted by Gasteiger charge is 2.48. The Hall–Kier alpha value is -0.360. The maximum atomic E-state index is 9.96. The molecule has 9 heteroatoms. The molecular weight excluding hydrogens is 288 g/mol. The molecule has 0 amide bonds. The van der Waals surface area contributed by atoms with E-state index in [-0.39, 0.29) is 12.5 Å². The summed E-state index contributed by atoms with van der Waals surface area (Å²) in [6.07, 6.45) is -9.91. The van der Waals surface area contributed by atoms with Gasteiger partial charge in [-0.05, 0) is 0 Å². The highest BCUT2D eigenvalue weighted by molar-refractivity contribution is 4.90. The summed E-state index contributed by atoms with van der Waals surface area (Å²) in [4.78, 5) is 0. The lowest BCUT2D eigenvalue weighted by Crippen LogP contribution is -2.60. The van der Waals surface area contributed by atoms with Crippen LogP contribution < -0.4 is 0 Å². The zero-order valence-corrected chi connectivity index (χ0v) is 11.5. The third kappa shape index (κ3) is 3.21. The van der Waals surface area contributed by atoms with Gasteiger partial charge in [-0.25, -0.2) is 0 Å². The van der Waals surface area contributed by atoms with Gasteiger partial charge in [0, 0.05) is 5.92 Å². The Morgan fingerprint density at radius 3 is 1.81 bits per heavy atom. The van der Waals surface area contributed by atoms with Gasteiger partial charge in [-0.2, -0.15) is 0 Å². The van der Waals surface area contributed by atoms with Crippen molar-refractivity contribution in [2.24, 2.45) is 5.92 Å². The van der Waals surface area contributed by atoms with Crippen LogP contribution in [0.15, 0.2) is 0 Å². The van der Waals surface area contributed by atoms with Gasteiger partial charge in [0.2, 0.25) is 0 Å². The van der Waals surface area contributed by atoms with Crippen LogP contribution in [0.25, 0.3) is 0 Å². The van der Waals surface area contributed by atoms with E-state index in [4.69, 9.17) is 24.4 Å². The van der Waals surface area contributed by atoms with Crippen LogP contribution in [0.2, 0.25) is 0 Å². The maximum absolute atomic E-state index is 9.96. The van der Waals surface area contributed by atoms with Gasteiger partial charge in [0.05, 0.1) is 19.3 Å². The highest BCUT2D eigenvalue weighted by Crippen LogP contribution is 2.30. The monoisotopic (exact) mass is 310 g/mol. The number of aliphatic hydroxyl groups is 6. The molecule has 0 saturated carbocycles. The summed E-state index contributed by atoms with van der Waals surface area (Å²) in [5.74, 6) is -0.384. The summed E-state index contributed by atoms with van der Waals surface area (Å²) in [6.45, 7) is 0.795. The molecule has 21 heavy (non-hydrogen) atoms. The van der Waals surface area contributed by atoms with Gasteiger partial charge in [0.25, 0.3) is 0 Å². The fraction of sp³-hybridized carbons (Fsp3) is 1.00. The Morgan fingerprint density at radius 1 is 0.762 bits per heavy atom. The largest absolute Gasteiger partial charge is 0.394 e. The molecule has 0 bridgehead atoms. The van der Waals surface area contributed by atoms with Crippen molar-refractivity contribution in [3.63, 3.8) is 0 Å². The summed E-state index contributed by atoms with van der Waals surface area (Å²) < 4.78 is 15.7. The van der Waals surface area contributed by atoms with E-state index in [0.29, 0.717) is 0 Å². The van der Waals surface area contributed by atoms with Crippen LogP contribution in [0.3, 0.4) is 0 Å². The second kappa shape index (κ2) is 6.82. The first-order chi connectivity index (χ1) is 9.90. The van der Waals surface area contributed by atoms with Crippen LogP contribution in [0.1, 0.15) is 6.92 Å². The zero-order valence-electron chi connectivity index (χ0n) is 11.5. The number of hydrogen-bond acceptors (Lipinski definition) is 9. The molecule has 6 N–H and O–H groups in total. The van der Waals surface area contributed by atoms with E-state index in [1.54, 1.807) is 6.92 Å². The third-order valence-corrected chi connectivity index (χ3v) is 4.01. The van der Waals surface area contributed by atoms with E-state index in [0.717, 1.165) is 0 Å². The van der Waals surface area contributed by atoms with Crippen molar-refractivity contribution in [1.82, 2.24) is 0 Å². The van der Waals surface area contributed by atoms with Gasteiger partial charge in [-0.15, -0.1) is 0 Å². The van der Waals surface area contributed by atoms with Gasteiger partial charge in [0.15, 0.2) is 12.6 Å². The van der Waals surface area contributed by atoms with Gasteiger partial charge in [0.1, 0.15) is 30.5 Å². The molecule has 2 aliphatic heterocycles. The molecule has 2 saturated heterocycles. The lowest BCUT2D eigenvalue weighted by molar-refractivity contribution is -0.341. The summed E-state index contributed by atoms with van der Waals surface area (Å²) in [5.41, 5.74) is 0. The average Bonchev–Trinajstić information content (AvgIpc) is 2.75. The average molecular weight is 310 g/mol. The van der Waals surface area contributed by atoms with Crippen molar-refractivity contribution in [2.45, 2.75) is 56.1 Å². The minimum atomic E-state index is -1.57. The quantitative estimate of drug-likeness (QED) is 0.311. The van der Waals surface area contributed by atoms with Crippen LogP contribution in [0.5, 0.6) is 0 Å². The molecule has 124 valence electrons. The molecule has 9 atom stereocenters. The van der Waals surface area contributed by atoms with E-state index in [9.17, 15) is 20.4 Å². The van der Waals surface area contributed by atoms with Crippen LogP contribution in [-0.2, 0) is 14.2 Å². The topological polar surface area (TPSA) is 149 Å². The number of ether oxygens (including phenoxy) is 3. The first-order valence-electron chi connectivity index (χ1n) is 6.81. The minimum Gasteiger partial charge on any atom is -0.394 e. The molecule has 0 spiro atoms. The summed E-state index contributed by atoms with van der Waals surface area (Å²) in [5, 5.41) is 57.3. The normalized spacial score (nSPS) is 51.3. The van der Waals surface area contributed by atoms with E-state index in [2.05, 4.69) is 0 Å². The van der Waals surface area contributed by atoms with Crippen molar-refractivity contribution in [3.05, 3.63) is 0 Å². The van der Waals surface area contributed by atoms with Crippen molar-refractivity contribution in [3.8, 4) is 0 Å². The van der Waals surface area contributed by atoms with Crippen molar-refractivity contribution in [2.75, 3.05) is 13.2 Å². The molecule has 9 nitrogen and oxygen atoms in total. The number of hydrogen-bond donors (Lipinski definition) is 6. The number of aliphatic hydroxyl groups excluding tert-OH is 6. The second-order valence-electron chi connectivity index (χ2n) is 5.41. The molecule has 2 rings (SSSR count). The van der Waals surface area contributed by atoms with Gasteiger partial charge >= 0.3 is 0 Å². The van der Waals surface area contributed by atoms with Gasteiger partial charge in [-0.1, -0.05) is 6.92 Å². The zero-order chi connectivity index (χ0) is 15.7. The predicted octanol–water partition coefficient (Wildman–Crippen LogP) is -3.48. The SMILES string of the molecule is CC1C(CO)OC(OC2OC(CO)C(O)C(O)C2O)C1O. The van der Waals surface area contributed by atoms with Gasteiger partial charge < -0.3 is 44.8 Å². The Labute approximate surface area is 121 Å². The minimum absolute atomic E-state index is 0.299. The predicted molar refractivity (Wildman–Crippen MR) is 65.8 cm³/mol. The maximum Gasteiger partial charge on any atom is 0.189 e. The molecule has 0 aromatic carbocycles. The fourth-order valence-corrected chi connectivity index (χ4v) is 2.48. The Morgan fingerprint density at radius 2 is 1.29 bits per heavy atom. The van der Waals surface area contributed by atoms with Crippen LogP contribution >= 0.6 is 0 Å². The van der Waals surface area contributed by atoms with Crippen LogP contribution in [-0.4, -0.2) is 93.1 Å². The number of rotatable bonds is 4. The van der Waals surface area contributed by atoms with E-state index in [1.807, 2.05) is 0 Å². The molecule has 2 aliphatic rings. The van der Waals surface area contributed by atoms with E-state index >= 15 is 0 Å². The van der Waals surface area contributed by atoms with Crippen molar-refractivity contribution < 1.29 is 44.8 Å². The summed E-state index contributed by atoms with van der Waals surface area (Å²) >= 11 is 0. The smallest absolute Gasteiger partial charge is 0.189 e.